The Morgan fingerprint density at radius 1 is 1.38 bits per heavy atom. The lowest BCUT2D eigenvalue weighted by Crippen LogP contribution is -2.41. The standard InChI is InChI=1S/C14H17ClF3N3O3/c1-4-7(2)19-13(22)8(3)20-11-6-10(15)9(14(16,17)18)5-12(11)21(23)24/h5-8,20H,4H2,1-3H3,(H,19,22). The summed E-state index contributed by atoms with van der Waals surface area (Å²) in [5, 5.41) is 15.6. The third-order valence-electron chi connectivity index (χ3n) is 3.35. The fraction of sp³-hybridized carbons (Fsp3) is 0.500. The molecule has 0 saturated heterocycles. The van der Waals surface area contributed by atoms with E-state index < -0.39 is 39.3 Å². The number of nitrogens with one attached hydrogen (secondary N) is 2. The van der Waals surface area contributed by atoms with Crippen LogP contribution >= 0.6 is 11.6 Å². The summed E-state index contributed by atoms with van der Waals surface area (Å²) < 4.78 is 38.4. The molecule has 6 nitrogen and oxygen atoms in total. The summed E-state index contributed by atoms with van der Waals surface area (Å²) in [4.78, 5) is 22.0. The molecule has 24 heavy (non-hydrogen) atoms. The number of amides is 1. The molecule has 0 aliphatic heterocycles. The van der Waals surface area contributed by atoms with Gasteiger partial charge in [0, 0.05) is 12.1 Å². The molecule has 1 amide bonds. The second kappa shape index (κ2) is 7.69. The highest BCUT2D eigenvalue weighted by Gasteiger charge is 2.36. The topological polar surface area (TPSA) is 84.3 Å². The second-order valence-corrected chi connectivity index (χ2v) is 5.70. The number of anilines is 1. The van der Waals surface area contributed by atoms with Crippen LogP contribution in [0.4, 0.5) is 24.5 Å². The van der Waals surface area contributed by atoms with Crippen molar-refractivity contribution >= 4 is 28.9 Å². The lowest BCUT2D eigenvalue weighted by Gasteiger charge is -2.19. The molecule has 2 unspecified atom stereocenters. The Kier molecular flexibility index (Phi) is 6.42. The highest BCUT2D eigenvalue weighted by molar-refractivity contribution is 6.31. The average molecular weight is 368 g/mol. The van der Waals surface area contributed by atoms with Gasteiger partial charge in [-0.2, -0.15) is 13.2 Å². The number of carbonyl (C=O) groups excluding carboxylic acids is 1. The van der Waals surface area contributed by atoms with Crippen LogP contribution in [0.1, 0.15) is 32.8 Å². The highest BCUT2D eigenvalue weighted by atomic mass is 35.5. The van der Waals surface area contributed by atoms with Gasteiger partial charge < -0.3 is 10.6 Å². The smallest absolute Gasteiger partial charge is 0.368 e. The molecule has 0 aliphatic carbocycles. The first-order chi connectivity index (χ1) is 11.0. The maximum atomic E-state index is 12.8. The van der Waals surface area contributed by atoms with E-state index in [1.807, 2.05) is 6.92 Å². The van der Waals surface area contributed by atoms with Crippen LogP contribution in [-0.2, 0) is 11.0 Å². The van der Waals surface area contributed by atoms with Crippen LogP contribution in [0, 0.1) is 10.1 Å². The Balaban J connectivity index is 3.13. The summed E-state index contributed by atoms with van der Waals surface area (Å²) in [7, 11) is 0. The van der Waals surface area contributed by atoms with Gasteiger partial charge in [-0.25, -0.2) is 0 Å². The molecular weight excluding hydrogens is 351 g/mol. The Morgan fingerprint density at radius 2 is 1.96 bits per heavy atom. The van der Waals surface area contributed by atoms with Crippen molar-refractivity contribution in [1.82, 2.24) is 5.32 Å². The minimum atomic E-state index is -4.82. The molecule has 10 heteroatoms. The maximum Gasteiger partial charge on any atom is 0.418 e. The predicted molar refractivity (Wildman–Crippen MR) is 84.1 cm³/mol. The monoisotopic (exact) mass is 367 g/mol. The van der Waals surface area contributed by atoms with Gasteiger partial charge in [0.1, 0.15) is 11.7 Å². The lowest BCUT2D eigenvalue weighted by molar-refractivity contribution is -0.384. The molecule has 2 N–H and O–H groups in total. The number of rotatable bonds is 6. The van der Waals surface area contributed by atoms with Gasteiger partial charge in [-0.3, -0.25) is 14.9 Å². The van der Waals surface area contributed by atoms with E-state index in [-0.39, 0.29) is 11.7 Å². The van der Waals surface area contributed by atoms with Gasteiger partial charge in [0.15, 0.2) is 0 Å². The van der Waals surface area contributed by atoms with Gasteiger partial charge in [-0.1, -0.05) is 18.5 Å². The minimum Gasteiger partial charge on any atom is -0.368 e. The number of nitrogens with zero attached hydrogens (tertiary/aromatic N) is 1. The van der Waals surface area contributed by atoms with Gasteiger partial charge in [0.05, 0.1) is 15.5 Å². The fourth-order valence-electron chi connectivity index (χ4n) is 1.81. The number of carbonyl (C=O) groups is 1. The Labute approximate surface area is 141 Å². The third kappa shape index (κ3) is 4.98. The Bertz CT molecular complexity index is 638. The van der Waals surface area contributed by atoms with Crippen molar-refractivity contribution in [3.8, 4) is 0 Å². The summed E-state index contributed by atoms with van der Waals surface area (Å²) in [6, 6.07) is 0.151. The first-order valence-corrected chi connectivity index (χ1v) is 7.47. The van der Waals surface area contributed by atoms with E-state index in [1.165, 1.54) is 6.92 Å². The van der Waals surface area contributed by atoms with Gasteiger partial charge >= 0.3 is 6.18 Å². The molecule has 1 aromatic rings. The molecule has 0 radical (unpaired) electrons. The number of alkyl halides is 3. The molecule has 0 heterocycles. The summed E-state index contributed by atoms with van der Waals surface area (Å²) >= 11 is 5.58. The first-order valence-electron chi connectivity index (χ1n) is 7.09. The Hall–Kier alpha value is -2.03. The number of hydrogen-bond acceptors (Lipinski definition) is 4. The van der Waals surface area contributed by atoms with Crippen LogP contribution in [0.2, 0.25) is 5.02 Å². The van der Waals surface area contributed by atoms with Crippen LogP contribution in [0.15, 0.2) is 12.1 Å². The van der Waals surface area contributed by atoms with E-state index in [1.54, 1.807) is 6.92 Å². The molecule has 2 atom stereocenters. The molecule has 0 aliphatic rings. The number of nitro benzene ring substituents is 1. The number of nitro groups is 1. The quantitative estimate of drug-likeness (QED) is 0.588. The van der Waals surface area contributed by atoms with Crippen molar-refractivity contribution < 1.29 is 22.9 Å². The van der Waals surface area contributed by atoms with Crippen molar-refractivity contribution in [2.45, 2.75) is 45.5 Å². The molecule has 0 saturated carbocycles. The van der Waals surface area contributed by atoms with E-state index in [0.29, 0.717) is 12.5 Å². The van der Waals surface area contributed by atoms with Crippen molar-refractivity contribution in [3.05, 3.63) is 32.8 Å². The molecular formula is C14H17ClF3N3O3. The van der Waals surface area contributed by atoms with Crippen LogP contribution in [-0.4, -0.2) is 22.9 Å². The number of halogens is 4. The predicted octanol–water partition coefficient (Wildman–Crippen LogP) is 3.98. The van der Waals surface area contributed by atoms with Crippen molar-refractivity contribution in [2.24, 2.45) is 0 Å². The molecule has 1 aromatic carbocycles. The van der Waals surface area contributed by atoms with Crippen molar-refractivity contribution in [1.29, 1.82) is 0 Å². The number of hydrogen-bond donors (Lipinski definition) is 2. The van der Waals surface area contributed by atoms with Gasteiger partial charge in [-0.15, -0.1) is 0 Å². The third-order valence-corrected chi connectivity index (χ3v) is 3.67. The van der Waals surface area contributed by atoms with E-state index in [2.05, 4.69) is 10.6 Å². The molecule has 1 rings (SSSR count). The zero-order valence-electron chi connectivity index (χ0n) is 13.2. The van der Waals surface area contributed by atoms with E-state index in [0.717, 1.165) is 6.07 Å². The maximum absolute atomic E-state index is 12.8. The minimum absolute atomic E-state index is 0.104. The summed E-state index contributed by atoms with van der Waals surface area (Å²) in [6.45, 7) is 5.08. The van der Waals surface area contributed by atoms with Crippen LogP contribution in [0.5, 0.6) is 0 Å². The summed E-state index contributed by atoms with van der Waals surface area (Å²) in [5.41, 5.74) is -2.38. The van der Waals surface area contributed by atoms with E-state index in [9.17, 15) is 28.1 Å². The lowest BCUT2D eigenvalue weighted by atomic mass is 10.1. The largest absolute Gasteiger partial charge is 0.418 e. The van der Waals surface area contributed by atoms with Gasteiger partial charge in [0.2, 0.25) is 5.91 Å². The van der Waals surface area contributed by atoms with Gasteiger partial charge in [-0.05, 0) is 26.3 Å². The van der Waals surface area contributed by atoms with Crippen LogP contribution in [0.3, 0.4) is 0 Å². The fourth-order valence-corrected chi connectivity index (χ4v) is 2.09. The van der Waals surface area contributed by atoms with Crippen molar-refractivity contribution in [2.75, 3.05) is 5.32 Å². The molecule has 134 valence electrons. The van der Waals surface area contributed by atoms with Gasteiger partial charge in [0.25, 0.3) is 5.69 Å². The SMILES string of the molecule is CCC(C)NC(=O)C(C)Nc1cc(Cl)c(C(F)(F)F)cc1[N+](=O)[O-]. The van der Waals surface area contributed by atoms with Crippen LogP contribution in [0.25, 0.3) is 0 Å². The Morgan fingerprint density at radius 3 is 2.42 bits per heavy atom. The normalized spacial score (nSPS) is 14.0. The van der Waals surface area contributed by atoms with E-state index in [4.69, 9.17) is 11.6 Å². The zero-order chi connectivity index (χ0) is 18.7. The molecule has 0 bridgehead atoms. The summed E-state index contributed by atoms with van der Waals surface area (Å²) in [6.07, 6.45) is -4.13. The first kappa shape index (κ1) is 20.0. The summed E-state index contributed by atoms with van der Waals surface area (Å²) in [5.74, 6) is -0.435. The van der Waals surface area contributed by atoms with E-state index >= 15 is 0 Å². The van der Waals surface area contributed by atoms with Crippen LogP contribution < -0.4 is 10.6 Å². The zero-order valence-corrected chi connectivity index (χ0v) is 14.0. The molecule has 0 spiro atoms. The average Bonchev–Trinajstić information content (AvgIpc) is 2.45. The molecule has 0 fully saturated rings. The second-order valence-electron chi connectivity index (χ2n) is 5.29. The highest BCUT2D eigenvalue weighted by Crippen LogP contribution is 2.40. The number of benzene rings is 1. The van der Waals surface area contributed by atoms with Crippen molar-refractivity contribution in [3.63, 3.8) is 0 Å². The molecule has 0 aromatic heterocycles.